The van der Waals surface area contributed by atoms with Gasteiger partial charge in [0.2, 0.25) is 0 Å². The van der Waals surface area contributed by atoms with E-state index in [9.17, 15) is 4.39 Å². The average molecular weight is 401 g/mol. The minimum absolute atomic E-state index is 0.151. The molecule has 1 aliphatic rings. The van der Waals surface area contributed by atoms with Gasteiger partial charge in [0, 0.05) is 31.1 Å². The summed E-state index contributed by atoms with van der Waals surface area (Å²) in [5.74, 6) is 2.46. The molecule has 0 aromatic heterocycles. The Morgan fingerprint density at radius 2 is 1.69 bits per heavy atom. The highest BCUT2D eigenvalue weighted by Gasteiger charge is 2.45. The van der Waals surface area contributed by atoms with Gasteiger partial charge in [0.05, 0.1) is 33.4 Å². The highest BCUT2D eigenvalue weighted by molar-refractivity contribution is 5.80. The molecule has 1 fully saturated rings. The Kier molecular flexibility index (Phi) is 6.46. The molecule has 0 amide bonds. The molecule has 0 spiro atoms. The van der Waals surface area contributed by atoms with Crippen molar-refractivity contribution < 1.29 is 18.6 Å². The summed E-state index contributed by atoms with van der Waals surface area (Å²) >= 11 is 0. The van der Waals surface area contributed by atoms with Crippen LogP contribution in [0, 0.1) is 5.82 Å². The zero-order valence-electron chi connectivity index (χ0n) is 17.3. The van der Waals surface area contributed by atoms with E-state index in [1.54, 1.807) is 34.4 Å². The van der Waals surface area contributed by atoms with E-state index in [-0.39, 0.29) is 11.2 Å². The lowest BCUT2D eigenvalue weighted by atomic mass is 9.95. The first-order valence-electron chi connectivity index (χ1n) is 9.55. The number of rotatable bonds is 8. The first-order chi connectivity index (χ1) is 14.1. The number of guanidine groups is 1. The van der Waals surface area contributed by atoms with Crippen LogP contribution in [0.15, 0.2) is 41.4 Å². The molecule has 0 bridgehead atoms. The molecule has 29 heavy (non-hydrogen) atoms. The van der Waals surface area contributed by atoms with Gasteiger partial charge < -0.3 is 24.8 Å². The van der Waals surface area contributed by atoms with Crippen molar-refractivity contribution in [3.63, 3.8) is 0 Å². The quantitative estimate of drug-likeness (QED) is 0.525. The van der Waals surface area contributed by atoms with Crippen molar-refractivity contribution in [1.29, 1.82) is 0 Å². The third-order valence-electron chi connectivity index (χ3n) is 5.37. The maximum Gasteiger partial charge on any atom is 0.191 e. The highest BCUT2D eigenvalue weighted by Crippen LogP contribution is 2.48. The molecule has 6 nitrogen and oxygen atoms in total. The molecule has 1 aliphatic carbocycles. The fourth-order valence-corrected chi connectivity index (χ4v) is 3.48. The normalized spacial score (nSPS) is 14.9. The predicted octanol–water partition coefficient (Wildman–Crippen LogP) is 3.25. The lowest BCUT2D eigenvalue weighted by Crippen LogP contribution is -2.41. The van der Waals surface area contributed by atoms with Crippen molar-refractivity contribution in [2.45, 2.75) is 24.8 Å². The summed E-state index contributed by atoms with van der Waals surface area (Å²) in [6.07, 6.45) is 1.91. The van der Waals surface area contributed by atoms with Crippen LogP contribution in [-0.4, -0.2) is 40.9 Å². The maximum atomic E-state index is 14.2. The second-order valence-electron chi connectivity index (χ2n) is 7.05. The standard InChI is InChI=1S/C22H28FN3O3/c1-24-21(26-14-22(9-10-22)17-7-5-6-8-18(17)23)25-13-16-19(28-3)11-15(27-2)12-20(16)29-4/h5-8,11-12H,9-10,13-14H2,1-4H3,(H2,24,25,26). The van der Waals surface area contributed by atoms with Gasteiger partial charge >= 0.3 is 0 Å². The van der Waals surface area contributed by atoms with E-state index in [0.717, 1.165) is 24.0 Å². The van der Waals surface area contributed by atoms with Crippen LogP contribution in [0.3, 0.4) is 0 Å². The van der Waals surface area contributed by atoms with Crippen LogP contribution in [0.5, 0.6) is 17.2 Å². The van der Waals surface area contributed by atoms with Crippen LogP contribution in [-0.2, 0) is 12.0 Å². The molecule has 0 unspecified atom stereocenters. The summed E-state index contributed by atoms with van der Waals surface area (Å²) in [5.41, 5.74) is 1.45. The van der Waals surface area contributed by atoms with Gasteiger partial charge in [-0.05, 0) is 24.5 Å². The molecule has 0 atom stereocenters. The van der Waals surface area contributed by atoms with E-state index in [4.69, 9.17) is 14.2 Å². The molecule has 156 valence electrons. The number of hydrogen-bond donors (Lipinski definition) is 2. The number of halogens is 1. The second kappa shape index (κ2) is 9.03. The monoisotopic (exact) mass is 401 g/mol. The summed E-state index contributed by atoms with van der Waals surface area (Å²) in [6.45, 7) is 1.06. The molecule has 0 radical (unpaired) electrons. The number of nitrogens with one attached hydrogen (secondary N) is 2. The topological polar surface area (TPSA) is 64.1 Å². The van der Waals surface area contributed by atoms with Crippen molar-refractivity contribution in [2.75, 3.05) is 34.9 Å². The van der Waals surface area contributed by atoms with Gasteiger partial charge in [-0.2, -0.15) is 0 Å². The van der Waals surface area contributed by atoms with Crippen LogP contribution >= 0.6 is 0 Å². The third kappa shape index (κ3) is 4.55. The van der Waals surface area contributed by atoms with Crippen LogP contribution in [0.4, 0.5) is 4.39 Å². The molecule has 7 heteroatoms. The summed E-state index contributed by atoms with van der Waals surface area (Å²) in [5, 5.41) is 6.61. The zero-order valence-corrected chi connectivity index (χ0v) is 17.3. The first kappa shape index (κ1) is 20.8. The Hall–Kier alpha value is -2.96. The van der Waals surface area contributed by atoms with E-state index < -0.39 is 0 Å². The lowest BCUT2D eigenvalue weighted by molar-refractivity contribution is 0.368. The number of benzene rings is 2. The fourth-order valence-electron chi connectivity index (χ4n) is 3.48. The third-order valence-corrected chi connectivity index (χ3v) is 5.37. The summed E-state index contributed by atoms with van der Waals surface area (Å²) in [6, 6.07) is 10.6. The van der Waals surface area contributed by atoms with Gasteiger partial charge in [0.25, 0.3) is 0 Å². The van der Waals surface area contributed by atoms with Gasteiger partial charge in [-0.25, -0.2) is 4.39 Å². The molecule has 2 aromatic carbocycles. The minimum Gasteiger partial charge on any atom is -0.496 e. The number of ether oxygens (including phenoxy) is 3. The van der Waals surface area contributed by atoms with Gasteiger partial charge in [-0.3, -0.25) is 4.99 Å². The summed E-state index contributed by atoms with van der Waals surface area (Å²) in [4.78, 5) is 4.29. The summed E-state index contributed by atoms with van der Waals surface area (Å²) < 4.78 is 30.5. The largest absolute Gasteiger partial charge is 0.496 e. The molecule has 0 heterocycles. The second-order valence-corrected chi connectivity index (χ2v) is 7.05. The van der Waals surface area contributed by atoms with Crippen molar-refractivity contribution in [2.24, 2.45) is 4.99 Å². The number of aliphatic imine (C=N–C) groups is 1. The Morgan fingerprint density at radius 3 is 2.21 bits per heavy atom. The Morgan fingerprint density at radius 1 is 1.03 bits per heavy atom. The smallest absolute Gasteiger partial charge is 0.191 e. The van der Waals surface area contributed by atoms with Gasteiger partial charge in [0.1, 0.15) is 23.1 Å². The van der Waals surface area contributed by atoms with Crippen LogP contribution in [0.1, 0.15) is 24.0 Å². The van der Waals surface area contributed by atoms with Crippen molar-refractivity contribution in [3.8, 4) is 17.2 Å². The van der Waals surface area contributed by atoms with Gasteiger partial charge in [-0.15, -0.1) is 0 Å². The zero-order chi connectivity index (χ0) is 20.9. The molecule has 0 aliphatic heterocycles. The van der Waals surface area contributed by atoms with E-state index >= 15 is 0 Å². The molecular formula is C22H28FN3O3. The fraction of sp³-hybridized carbons (Fsp3) is 0.409. The molecule has 3 rings (SSSR count). The molecular weight excluding hydrogens is 373 g/mol. The minimum atomic E-state index is -0.168. The van der Waals surface area contributed by atoms with Crippen molar-refractivity contribution >= 4 is 5.96 Å². The Bertz CT molecular complexity index is 856. The average Bonchev–Trinajstić information content (AvgIpc) is 3.54. The van der Waals surface area contributed by atoms with Gasteiger partial charge in [0.15, 0.2) is 5.96 Å². The number of nitrogens with zero attached hydrogens (tertiary/aromatic N) is 1. The van der Waals surface area contributed by atoms with Crippen LogP contribution in [0.25, 0.3) is 0 Å². The Balaban J connectivity index is 1.67. The van der Waals surface area contributed by atoms with Crippen LogP contribution < -0.4 is 24.8 Å². The molecule has 2 N–H and O–H groups in total. The van der Waals surface area contributed by atoms with Gasteiger partial charge in [-0.1, -0.05) is 18.2 Å². The molecule has 1 saturated carbocycles. The number of hydrogen-bond acceptors (Lipinski definition) is 4. The maximum absolute atomic E-state index is 14.2. The van der Waals surface area contributed by atoms with Crippen molar-refractivity contribution in [1.82, 2.24) is 10.6 Å². The molecule has 2 aromatic rings. The van der Waals surface area contributed by atoms with Crippen LogP contribution in [0.2, 0.25) is 0 Å². The molecule has 0 saturated heterocycles. The van der Waals surface area contributed by atoms with E-state index in [0.29, 0.717) is 36.3 Å². The summed E-state index contributed by atoms with van der Waals surface area (Å²) in [7, 11) is 6.52. The lowest BCUT2D eigenvalue weighted by Gasteiger charge is -2.20. The first-order valence-corrected chi connectivity index (χ1v) is 9.55. The predicted molar refractivity (Wildman–Crippen MR) is 112 cm³/mol. The van der Waals surface area contributed by atoms with Crippen molar-refractivity contribution in [3.05, 3.63) is 53.3 Å². The van der Waals surface area contributed by atoms with E-state index in [1.165, 1.54) is 6.07 Å². The van der Waals surface area contributed by atoms with E-state index in [2.05, 4.69) is 15.6 Å². The SMILES string of the molecule is CN=C(NCc1c(OC)cc(OC)cc1OC)NCC1(c2ccccc2F)CC1. The Labute approximate surface area is 171 Å². The highest BCUT2D eigenvalue weighted by atomic mass is 19.1. The number of methoxy groups -OCH3 is 3. The van der Waals surface area contributed by atoms with E-state index in [1.807, 2.05) is 24.3 Å².